The van der Waals surface area contributed by atoms with Crippen molar-refractivity contribution < 1.29 is 27.0 Å². The second kappa shape index (κ2) is 13.0. The molecule has 1 unspecified atom stereocenters. The van der Waals surface area contributed by atoms with Crippen molar-refractivity contribution in [3.63, 3.8) is 0 Å². The molecule has 0 amide bonds. The van der Waals surface area contributed by atoms with E-state index in [1.54, 1.807) is 36.7 Å². The fraction of sp³-hybridized carbons (Fsp3) is 0.300. The highest BCUT2D eigenvalue weighted by molar-refractivity contribution is 7.90. The molecule has 0 fully saturated rings. The summed E-state index contributed by atoms with van der Waals surface area (Å²) in [6, 6.07) is 13.4. The molecule has 4 aromatic rings. The van der Waals surface area contributed by atoms with Gasteiger partial charge in [0.25, 0.3) is 0 Å². The zero-order chi connectivity index (χ0) is 29.6. The van der Waals surface area contributed by atoms with E-state index in [-0.39, 0.29) is 24.8 Å². The molecule has 0 saturated carbocycles. The third-order valence-corrected chi connectivity index (χ3v) is 7.98. The minimum atomic E-state index is -3.06. The number of benzene rings is 2. The molecule has 1 aliphatic heterocycles. The number of rotatable bonds is 13. The highest BCUT2D eigenvalue weighted by atomic mass is 35.5. The Morgan fingerprint density at radius 2 is 2.00 bits per heavy atom. The topological polar surface area (TPSA) is 113 Å². The average Bonchev–Trinajstić information content (AvgIpc) is 3.44. The molecule has 0 radical (unpaired) electrons. The number of hydrogen-bond acceptors (Lipinski definition) is 9. The first-order valence-electron chi connectivity index (χ1n) is 13.3. The van der Waals surface area contributed by atoms with Gasteiger partial charge in [-0.2, -0.15) is 0 Å². The quantitative estimate of drug-likeness (QED) is 0.179. The normalized spacial score (nSPS) is 16.5. The lowest BCUT2D eigenvalue weighted by Crippen LogP contribution is -2.27. The summed E-state index contributed by atoms with van der Waals surface area (Å²) in [5.41, 5.74) is 2.10. The average molecular weight is 613 g/mol. The van der Waals surface area contributed by atoms with Gasteiger partial charge in [-0.15, -0.1) is 0 Å². The van der Waals surface area contributed by atoms with Gasteiger partial charge in [0.05, 0.1) is 41.1 Å². The summed E-state index contributed by atoms with van der Waals surface area (Å²) in [5.74, 6) is 0.709. The molecule has 0 saturated heterocycles. The number of sulfone groups is 1. The van der Waals surface area contributed by atoms with Crippen LogP contribution in [-0.4, -0.2) is 48.6 Å². The first kappa shape index (κ1) is 29.7. The standard InChI is InChI=1S/C30H30ClFN4O5S/c1-42(37,38)14-13-39-11-3-9-30(10-4-12-41-30)28-17-24-26(18-33-28)34-20-35-29(24)36-23-7-8-27(25(31)16-23)40-19-21-5-2-6-22(32)15-21/h2,4-8,12,15-18,20H,3,9-11,13-14,19H2,1H3,(H,34,35,36). The molecule has 1 aliphatic rings. The molecule has 12 heteroatoms. The molecule has 5 rings (SSSR count). The third kappa shape index (κ3) is 7.53. The van der Waals surface area contributed by atoms with Gasteiger partial charge in [-0.3, -0.25) is 4.98 Å². The minimum absolute atomic E-state index is 0.00587. The van der Waals surface area contributed by atoms with E-state index < -0.39 is 15.4 Å². The van der Waals surface area contributed by atoms with Gasteiger partial charge in [0.2, 0.25) is 0 Å². The SMILES string of the molecule is CS(=O)(=O)CCOCCCC1(c2cc3c(Nc4ccc(OCc5cccc(F)c5)c(Cl)c4)ncnc3cn2)CC=CO1. The maximum absolute atomic E-state index is 13.5. The second-order valence-corrected chi connectivity index (χ2v) is 12.7. The van der Waals surface area contributed by atoms with Crippen LogP contribution in [0.25, 0.3) is 10.9 Å². The van der Waals surface area contributed by atoms with E-state index >= 15 is 0 Å². The Bertz CT molecular complexity index is 1690. The molecule has 1 N–H and O–H groups in total. The number of nitrogens with one attached hydrogen (secondary N) is 1. The number of aromatic nitrogens is 3. The Labute approximate surface area is 248 Å². The maximum atomic E-state index is 13.5. The molecule has 3 heterocycles. The molecule has 0 aliphatic carbocycles. The summed E-state index contributed by atoms with van der Waals surface area (Å²) in [4.78, 5) is 13.5. The van der Waals surface area contributed by atoms with E-state index in [2.05, 4.69) is 20.3 Å². The van der Waals surface area contributed by atoms with Crippen molar-refractivity contribution in [3.05, 3.63) is 95.5 Å². The molecular formula is C30H30ClFN4O5S. The lowest BCUT2D eigenvalue weighted by atomic mass is 9.90. The first-order valence-corrected chi connectivity index (χ1v) is 15.8. The number of hydrogen-bond donors (Lipinski definition) is 1. The molecule has 2 aromatic heterocycles. The van der Waals surface area contributed by atoms with Gasteiger partial charge >= 0.3 is 0 Å². The number of fused-ring (bicyclic) bond motifs is 1. The van der Waals surface area contributed by atoms with E-state index in [0.717, 1.165) is 11.1 Å². The maximum Gasteiger partial charge on any atom is 0.153 e. The van der Waals surface area contributed by atoms with Gasteiger partial charge < -0.3 is 19.5 Å². The Hall–Kier alpha value is -3.80. The first-order chi connectivity index (χ1) is 20.2. The molecule has 9 nitrogen and oxygen atoms in total. The molecule has 42 heavy (non-hydrogen) atoms. The van der Waals surface area contributed by atoms with E-state index in [1.807, 2.05) is 18.2 Å². The Kier molecular flexibility index (Phi) is 9.20. The summed E-state index contributed by atoms with van der Waals surface area (Å²) in [5, 5.41) is 4.45. The summed E-state index contributed by atoms with van der Waals surface area (Å²) in [6.45, 7) is 0.754. The van der Waals surface area contributed by atoms with Gasteiger partial charge in [0.15, 0.2) is 5.60 Å². The van der Waals surface area contributed by atoms with Gasteiger partial charge in [-0.1, -0.05) is 23.7 Å². The fourth-order valence-electron chi connectivity index (χ4n) is 4.62. The van der Waals surface area contributed by atoms with E-state index in [1.165, 1.54) is 24.7 Å². The van der Waals surface area contributed by atoms with Crippen LogP contribution in [0.1, 0.15) is 30.5 Å². The third-order valence-electron chi connectivity index (χ3n) is 6.77. The number of nitrogens with zero attached hydrogens (tertiary/aromatic N) is 3. The number of halogens is 2. The predicted molar refractivity (Wildman–Crippen MR) is 159 cm³/mol. The largest absolute Gasteiger partial charge is 0.489 e. The Morgan fingerprint density at radius 1 is 1.12 bits per heavy atom. The van der Waals surface area contributed by atoms with E-state index in [4.69, 9.17) is 25.8 Å². The van der Waals surface area contributed by atoms with Crippen LogP contribution in [0.4, 0.5) is 15.9 Å². The summed E-state index contributed by atoms with van der Waals surface area (Å²) >= 11 is 6.50. The number of anilines is 2. The second-order valence-electron chi connectivity index (χ2n) is 10.0. The van der Waals surface area contributed by atoms with Crippen molar-refractivity contribution in [2.45, 2.75) is 31.5 Å². The number of ether oxygens (including phenoxy) is 3. The smallest absolute Gasteiger partial charge is 0.153 e. The monoisotopic (exact) mass is 612 g/mol. The lowest BCUT2D eigenvalue weighted by molar-refractivity contribution is 0.0173. The van der Waals surface area contributed by atoms with Gasteiger partial charge in [0, 0.05) is 30.4 Å². The fourth-order valence-corrected chi connectivity index (χ4v) is 5.27. The van der Waals surface area contributed by atoms with Gasteiger partial charge in [-0.05, 0) is 60.9 Å². The lowest BCUT2D eigenvalue weighted by Gasteiger charge is -2.28. The predicted octanol–water partition coefficient (Wildman–Crippen LogP) is 6.11. The van der Waals surface area contributed by atoms with Crippen molar-refractivity contribution >= 4 is 43.8 Å². The molecular weight excluding hydrogens is 583 g/mol. The molecule has 0 bridgehead atoms. The highest BCUT2D eigenvalue weighted by Gasteiger charge is 2.36. The highest BCUT2D eigenvalue weighted by Crippen LogP contribution is 2.39. The van der Waals surface area contributed by atoms with Crippen molar-refractivity contribution in [3.8, 4) is 5.75 Å². The van der Waals surface area contributed by atoms with Crippen molar-refractivity contribution in [1.82, 2.24) is 15.0 Å². The van der Waals surface area contributed by atoms with Crippen LogP contribution in [-0.2, 0) is 31.5 Å². The van der Waals surface area contributed by atoms with Crippen LogP contribution in [0.5, 0.6) is 5.75 Å². The number of pyridine rings is 1. The van der Waals surface area contributed by atoms with Crippen LogP contribution < -0.4 is 10.1 Å². The van der Waals surface area contributed by atoms with E-state index in [9.17, 15) is 12.8 Å². The zero-order valence-corrected chi connectivity index (χ0v) is 24.5. The summed E-state index contributed by atoms with van der Waals surface area (Å²) < 4.78 is 53.5. The van der Waals surface area contributed by atoms with Gasteiger partial charge in [-0.25, -0.2) is 22.8 Å². The van der Waals surface area contributed by atoms with Crippen molar-refractivity contribution in [1.29, 1.82) is 0 Å². The van der Waals surface area contributed by atoms with Crippen LogP contribution >= 0.6 is 11.6 Å². The molecule has 2 aromatic carbocycles. The Morgan fingerprint density at radius 3 is 2.76 bits per heavy atom. The van der Waals surface area contributed by atoms with Crippen LogP contribution in [0.2, 0.25) is 5.02 Å². The van der Waals surface area contributed by atoms with Crippen LogP contribution in [0, 0.1) is 5.82 Å². The van der Waals surface area contributed by atoms with Crippen LogP contribution in [0.3, 0.4) is 0 Å². The molecule has 1 atom stereocenters. The van der Waals surface area contributed by atoms with Gasteiger partial charge in [0.1, 0.15) is 40.2 Å². The van der Waals surface area contributed by atoms with Crippen molar-refractivity contribution in [2.75, 3.05) is 30.5 Å². The molecule has 0 spiro atoms. The Balaban J connectivity index is 1.29. The minimum Gasteiger partial charge on any atom is -0.489 e. The molecule has 220 valence electrons. The van der Waals surface area contributed by atoms with Crippen LogP contribution in [0.15, 0.2) is 73.4 Å². The van der Waals surface area contributed by atoms with E-state index in [0.29, 0.717) is 59.2 Å². The van der Waals surface area contributed by atoms with Crippen molar-refractivity contribution in [2.24, 2.45) is 0 Å². The summed E-state index contributed by atoms with van der Waals surface area (Å²) in [6.07, 6.45) is 9.90. The zero-order valence-electron chi connectivity index (χ0n) is 22.9. The summed E-state index contributed by atoms with van der Waals surface area (Å²) in [7, 11) is -3.06.